The van der Waals surface area contributed by atoms with Crippen molar-refractivity contribution >= 4 is 11.9 Å². The summed E-state index contributed by atoms with van der Waals surface area (Å²) in [6.07, 6.45) is 1.81. The summed E-state index contributed by atoms with van der Waals surface area (Å²) >= 11 is 0. The lowest BCUT2D eigenvalue weighted by Gasteiger charge is -2.23. The third-order valence-electron chi connectivity index (χ3n) is 3.98. The number of benzene rings is 1. The summed E-state index contributed by atoms with van der Waals surface area (Å²) < 4.78 is 5.66. The second kappa shape index (κ2) is 5.67. The first-order chi connectivity index (χ1) is 10.6. The van der Waals surface area contributed by atoms with E-state index in [2.05, 4.69) is 0 Å². The highest BCUT2D eigenvalue weighted by atomic mass is 16.4. The molecule has 1 aromatic carbocycles. The van der Waals surface area contributed by atoms with Gasteiger partial charge in [-0.2, -0.15) is 0 Å². The Morgan fingerprint density at radius 3 is 2.41 bits per heavy atom. The van der Waals surface area contributed by atoms with Crippen molar-refractivity contribution in [3.8, 4) is 0 Å². The molecule has 1 fully saturated rings. The van der Waals surface area contributed by atoms with Gasteiger partial charge < -0.3 is 14.4 Å². The van der Waals surface area contributed by atoms with Crippen molar-refractivity contribution in [1.82, 2.24) is 4.90 Å². The van der Waals surface area contributed by atoms with Gasteiger partial charge in [0.25, 0.3) is 5.91 Å². The third kappa shape index (κ3) is 2.62. The largest absolute Gasteiger partial charge is 0.478 e. The summed E-state index contributed by atoms with van der Waals surface area (Å²) in [7, 11) is 0. The van der Waals surface area contributed by atoms with Crippen LogP contribution in [0.3, 0.4) is 0 Å². The number of hydrogen-bond donors (Lipinski definition) is 1. The van der Waals surface area contributed by atoms with Crippen LogP contribution in [0.25, 0.3) is 0 Å². The van der Waals surface area contributed by atoms with Crippen molar-refractivity contribution in [3.05, 3.63) is 59.0 Å². The summed E-state index contributed by atoms with van der Waals surface area (Å²) in [5.41, 5.74) is 0.677. The lowest BCUT2D eigenvalue weighted by molar-refractivity contribution is 0.0690. The monoisotopic (exact) mass is 299 g/mol. The van der Waals surface area contributed by atoms with Gasteiger partial charge in [-0.3, -0.25) is 4.79 Å². The lowest BCUT2D eigenvalue weighted by Crippen LogP contribution is -2.30. The number of likely N-dealkylation sites (tertiary alicyclic amines) is 1. The molecular formula is C17H17NO4. The Labute approximate surface area is 128 Å². The van der Waals surface area contributed by atoms with Gasteiger partial charge in [0.1, 0.15) is 11.5 Å². The number of aryl methyl sites for hydroxylation is 1. The normalized spacial score (nSPS) is 17.7. The van der Waals surface area contributed by atoms with Gasteiger partial charge in [-0.15, -0.1) is 0 Å². The van der Waals surface area contributed by atoms with E-state index in [9.17, 15) is 9.59 Å². The van der Waals surface area contributed by atoms with Crippen LogP contribution in [0.1, 0.15) is 51.1 Å². The molecule has 1 aliphatic heterocycles. The van der Waals surface area contributed by atoms with Crippen molar-refractivity contribution < 1.29 is 19.1 Å². The first-order valence-electron chi connectivity index (χ1n) is 7.27. The smallest absolute Gasteiger partial charge is 0.335 e. The summed E-state index contributed by atoms with van der Waals surface area (Å²) in [4.78, 5) is 25.3. The van der Waals surface area contributed by atoms with E-state index in [0.29, 0.717) is 12.1 Å². The molecule has 1 saturated heterocycles. The number of hydrogen-bond acceptors (Lipinski definition) is 3. The number of carbonyl (C=O) groups is 2. The molecule has 0 saturated carbocycles. The van der Waals surface area contributed by atoms with Crippen LogP contribution >= 0.6 is 0 Å². The second-order valence-electron chi connectivity index (χ2n) is 5.49. The Kier molecular flexibility index (Phi) is 3.71. The number of furan rings is 1. The van der Waals surface area contributed by atoms with Crippen molar-refractivity contribution in [2.45, 2.75) is 25.8 Å². The molecule has 0 spiro atoms. The molecule has 0 radical (unpaired) electrons. The number of nitrogens with zero attached hydrogens (tertiary/aromatic N) is 1. The standard InChI is InChI=1S/C17H17NO4/c1-11-4-9-15(22-11)14-3-2-10-18(14)16(19)12-5-7-13(8-6-12)17(20)21/h4-9,14H,2-3,10H2,1H3,(H,20,21). The fourth-order valence-electron chi connectivity index (χ4n) is 2.86. The van der Waals surface area contributed by atoms with Crippen molar-refractivity contribution in [2.24, 2.45) is 0 Å². The predicted octanol–water partition coefficient (Wildman–Crippen LogP) is 3.26. The first kappa shape index (κ1) is 14.4. The minimum Gasteiger partial charge on any atom is -0.478 e. The fraction of sp³-hybridized carbons (Fsp3) is 0.294. The lowest BCUT2D eigenvalue weighted by atomic mass is 10.1. The molecule has 5 nitrogen and oxygen atoms in total. The van der Waals surface area contributed by atoms with Crippen molar-refractivity contribution in [3.63, 3.8) is 0 Å². The van der Waals surface area contributed by atoms with E-state index in [4.69, 9.17) is 9.52 Å². The molecule has 1 N–H and O–H groups in total. The van der Waals surface area contributed by atoms with Crippen LogP contribution in [0.5, 0.6) is 0 Å². The number of carboxylic acid groups (broad SMARTS) is 1. The van der Waals surface area contributed by atoms with Crippen molar-refractivity contribution in [1.29, 1.82) is 0 Å². The van der Waals surface area contributed by atoms with E-state index < -0.39 is 5.97 Å². The van der Waals surface area contributed by atoms with E-state index in [1.807, 2.05) is 19.1 Å². The summed E-state index contributed by atoms with van der Waals surface area (Å²) in [5, 5.41) is 8.91. The van der Waals surface area contributed by atoms with E-state index in [1.54, 1.807) is 17.0 Å². The van der Waals surface area contributed by atoms with Crippen LogP contribution in [-0.4, -0.2) is 28.4 Å². The molecule has 2 aromatic rings. The van der Waals surface area contributed by atoms with Gasteiger partial charge in [0.05, 0.1) is 11.6 Å². The molecule has 1 unspecified atom stereocenters. The zero-order chi connectivity index (χ0) is 15.7. The molecule has 1 aromatic heterocycles. The molecular weight excluding hydrogens is 282 g/mol. The van der Waals surface area contributed by atoms with Crippen LogP contribution in [0.15, 0.2) is 40.8 Å². The van der Waals surface area contributed by atoms with Crippen LogP contribution in [-0.2, 0) is 0 Å². The Bertz CT molecular complexity index is 702. The maximum Gasteiger partial charge on any atom is 0.335 e. The van der Waals surface area contributed by atoms with E-state index in [1.165, 1.54) is 12.1 Å². The van der Waals surface area contributed by atoms with E-state index in [0.717, 1.165) is 24.4 Å². The summed E-state index contributed by atoms with van der Waals surface area (Å²) in [6.45, 7) is 2.57. The second-order valence-corrected chi connectivity index (χ2v) is 5.49. The van der Waals surface area contributed by atoms with Gasteiger partial charge in [-0.1, -0.05) is 0 Å². The van der Waals surface area contributed by atoms with Gasteiger partial charge in [0.15, 0.2) is 0 Å². The molecule has 0 bridgehead atoms. The highest BCUT2D eigenvalue weighted by molar-refractivity contribution is 5.96. The molecule has 22 heavy (non-hydrogen) atoms. The molecule has 1 atom stereocenters. The molecule has 0 aliphatic carbocycles. The first-order valence-corrected chi connectivity index (χ1v) is 7.27. The number of carbonyl (C=O) groups excluding carboxylic acids is 1. The Hall–Kier alpha value is -2.56. The molecule has 3 rings (SSSR count). The highest BCUT2D eigenvalue weighted by Gasteiger charge is 2.32. The van der Waals surface area contributed by atoms with Crippen LogP contribution in [0, 0.1) is 6.92 Å². The zero-order valence-corrected chi connectivity index (χ0v) is 12.3. The maximum absolute atomic E-state index is 12.7. The van der Waals surface area contributed by atoms with E-state index >= 15 is 0 Å². The fourth-order valence-corrected chi connectivity index (χ4v) is 2.86. The number of amides is 1. The quantitative estimate of drug-likeness (QED) is 0.944. The van der Waals surface area contributed by atoms with Gasteiger partial charge in [0, 0.05) is 12.1 Å². The molecule has 2 heterocycles. The van der Waals surface area contributed by atoms with Gasteiger partial charge in [-0.05, 0) is 56.2 Å². The van der Waals surface area contributed by atoms with E-state index in [-0.39, 0.29) is 17.5 Å². The SMILES string of the molecule is Cc1ccc(C2CCCN2C(=O)c2ccc(C(=O)O)cc2)o1. The molecule has 5 heteroatoms. The Balaban J connectivity index is 1.82. The highest BCUT2D eigenvalue weighted by Crippen LogP contribution is 2.34. The minimum atomic E-state index is -0.996. The van der Waals surface area contributed by atoms with Crippen molar-refractivity contribution in [2.75, 3.05) is 6.54 Å². The summed E-state index contributed by atoms with van der Waals surface area (Å²) in [6, 6.07) is 9.82. The average molecular weight is 299 g/mol. The van der Waals surface area contributed by atoms with Gasteiger partial charge in [0.2, 0.25) is 0 Å². The van der Waals surface area contributed by atoms with Crippen LogP contribution in [0.2, 0.25) is 0 Å². The Morgan fingerprint density at radius 2 is 1.82 bits per heavy atom. The van der Waals surface area contributed by atoms with Gasteiger partial charge in [-0.25, -0.2) is 4.79 Å². The predicted molar refractivity (Wildman–Crippen MR) is 79.9 cm³/mol. The zero-order valence-electron chi connectivity index (χ0n) is 12.3. The van der Waals surface area contributed by atoms with Gasteiger partial charge >= 0.3 is 5.97 Å². The van der Waals surface area contributed by atoms with Crippen LogP contribution < -0.4 is 0 Å². The van der Waals surface area contributed by atoms with Crippen LogP contribution in [0.4, 0.5) is 0 Å². The molecule has 1 aliphatic rings. The summed E-state index contributed by atoms with van der Waals surface area (Å²) in [5.74, 6) is 0.559. The topological polar surface area (TPSA) is 70.8 Å². The number of carboxylic acids is 1. The maximum atomic E-state index is 12.7. The average Bonchev–Trinajstić information content (AvgIpc) is 3.15. The number of rotatable bonds is 3. The third-order valence-corrected chi connectivity index (χ3v) is 3.98. The molecule has 114 valence electrons. The Morgan fingerprint density at radius 1 is 1.14 bits per heavy atom. The molecule has 1 amide bonds. The minimum absolute atomic E-state index is 0.0413. The number of aromatic carboxylic acids is 1.